The fourth-order valence-electron chi connectivity index (χ4n) is 4.66. The molecule has 1 amide bonds. The number of amides is 1. The van der Waals surface area contributed by atoms with Gasteiger partial charge < -0.3 is 34.8 Å². The third kappa shape index (κ3) is 5.80. The number of anilines is 6. The van der Waals surface area contributed by atoms with E-state index in [-0.39, 0.29) is 5.91 Å². The molecule has 10 heteroatoms. The molecular formula is C29H33N7O3. The van der Waals surface area contributed by atoms with Gasteiger partial charge >= 0.3 is 0 Å². The van der Waals surface area contributed by atoms with Crippen LogP contribution in [0.1, 0.15) is 5.56 Å². The largest absolute Gasteiger partial charge is 0.499 e. The van der Waals surface area contributed by atoms with Crippen LogP contribution >= 0.6 is 0 Å². The Morgan fingerprint density at radius 1 is 1.05 bits per heavy atom. The second kappa shape index (κ2) is 11.4. The number of fused-ring (bicyclic) bond motifs is 1. The molecule has 1 aromatic heterocycles. The van der Waals surface area contributed by atoms with Crippen molar-refractivity contribution in [3.8, 4) is 5.75 Å². The minimum Gasteiger partial charge on any atom is -0.499 e. The standard InChI is InChI=1S/C29H33N7O3/c1-5-27(37)31-21-7-6-8-23(16-21)36-19-24(38-3)15-20-18-30-29(33-28(20)36)32-25-10-9-22(17-26(25)39-4)35-13-11-34(2)12-14-35/h5-10,15-18H,1,11-14,19H2,2-4H3,(H,31,37)(H,30,32,33). The molecule has 39 heavy (non-hydrogen) atoms. The first kappa shape index (κ1) is 26.1. The quantitative estimate of drug-likeness (QED) is 0.417. The number of nitrogens with one attached hydrogen (secondary N) is 2. The van der Waals surface area contributed by atoms with Gasteiger partial charge in [0.15, 0.2) is 0 Å². The molecule has 10 nitrogen and oxygen atoms in total. The maximum atomic E-state index is 11.8. The van der Waals surface area contributed by atoms with Crippen molar-refractivity contribution in [1.29, 1.82) is 0 Å². The Bertz CT molecular complexity index is 1400. The Kier molecular flexibility index (Phi) is 7.64. The number of hydrogen-bond acceptors (Lipinski definition) is 9. The molecule has 2 N–H and O–H groups in total. The van der Waals surface area contributed by atoms with Crippen molar-refractivity contribution in [1.82, 2.24) is 14.9 Å². The molecule has 1 saturated heterocycles. The second-order valence-electron chi connectivity index (χ2n) is 9.42. The predicted octanol–water partition coefficient (Wildman–Crippen LogP) is 4.24. The van der Waals surface area contributed by atoms with Gasteiger partial charge in [0.25, 0.3) is 0 Å². The lowest BCUT2D eigenvalue weighted by molar-refractivity contribution is -0.111. The number of likely N-dealkylation sites (N-methyl/N-ethyl adjacent to an activating group) is 1. The van der Waals surface area contributed by atoms with Gasteiger partial charge in [-0.1, -0.05) is 12.6 Å². The number of ether oxygens (including phenoxy) is 2. The Morgan fingerprint density at radius 3 is 2.62 bits per heavy atom. The average molecular weight is 528 g/mol. The summed E-state index contributed by atoms with van der Waals surface area (Å²) in [6.07, 6.45) is 4.94. The number of carbonyl (C=O) groups is 1. The molecule has 2 aliphatic rings. The van der Waals surface area contributed by atoms with Gasteiger partial charge in [-0.25, -0.2) is 4.98 Å². The number of benzene rings is 2. The monoisotopic (exact) mass is 527 g/mol. The van der Waals surface area contributed by atoms with Crippen molar-refractivity contribution in [3.05, 3.63) is 72.6 Å². The van der Waals surface area contributed by atoms with Crippen LogP contribution in [0.4, 0.5) is 34.5 Å². The number of methoxy groups -OCH3 is 2. The Hall–Kier alpha value is -4.57. The van der Waals surface area contributed by atoms with Crippen LogP contribution in [-0.2, 0) is 9.53 Å². The molecule has 3 aromatic rings. The van der Waals surface area contributed by atoms with E-state index in [0.717, 1.165) is 60.3 Å². The van der Waals surface area contributed by atoms with Gasteiger partial charge in [-0.05, 0) is 49.5 Å². The summed E-state index contributed by atoms with van der Waals surface area (Å²) < 4.78 is 11.3. The molecule has 3 heterocycles. The molecule has 0 saturated carbocycles. The highest BCUT2D eigenvalue weighted by Gasteiger charge is 2.24. The van der Waals surface area contributed by atoms with Crippen LogP contribution in [0.5, 0.6) is 5.75 Å². The Labute approximate surface area is 228 Å². The van der Waals surface area contributed by atoms with Gasteiger partial charge in [-0.15, -0.1) is 0 Å². The SMILES string of the molecule is C=CC(=O)Nc1cccc(N2CC(OC)=Cc3cnc(Nc4ccc(N5CCN(C)CC5)cc4OC)nc32)c1. The van der Waals surface area contributed by atoms with E-state index in [4.69, 9.17) is 14.5 Å². The lowest BCUT2D eigenvalue weighted by Gasteiger charge is -2.34. The maximum absolute atomic E-state index is 11.8. The zero-order chi connectivity index (χ0) is 27.4. The van der Waals surface area contributed by atoms with Crippen LogP contribution in [0.15, 0.2) is 67.1 Å². The fourth-order valence-corrected chi connectivity index (χ4v) is 4.66. The minimum absolute atomic E-state index is 0.273. The smallest absolute Gasteiger partial charge is 0.247 e. The topological polar surface area (TPSA) is 95.1 Å². The summed E-state index contributed by atoms with van der Waals surface area (Å²) in [4.78, 5) is 28.0. The number of hydrogen-bond donors (Lipinski definition) is 2. The van der Waals surface area contributed by atoms with E-state index in [2.05, 4.69) is 51.2 Å². The molecule has 5 rings (SSSR count). The van der Waals surface area contributed by atoms with E-state index in [0.29, 0.717) is 24.0 Å². The average Bonchev–Trinajstić information content (AvgIpc) is 2.97. The van der Waals surface area contributed by atoms with Gasteiger partial charge in [0, 0.05) is 61.1 Å². The molecule has 0 unspecified atom stereocenters. The van der Waals surface area contributed by atoms with Gasteiger partial charge in [-0.3, -0.25) is 4.79 Å². The van der Waals surface area contributed by atoms with Gasteiger partial charge in [-0.2, -0.15) is 4.98 Å². The molecule has 0 aliphatic carbocycles. The van der Waals surface area contributed by atoms with Crippen LogP contribution in [0.25, 0.3) is 6.08 Å². The first-order chi connectivity index (χ1) is 19.0. The van der Waals surface area contributed by atoms with Crippen LogP contribution in [-0.4, -0.2) is 74.8 Å². The molecule has 0 spiro atoms. The van der Waals surface area contributed by atoms with Crippen molar-refractivity contribution in [3.63, 3.8) is 0 Å². The Balaban J connectivity index is 1.43. The molecule has 1 fully saturated rings. The van der Waals surface area contributed by atoms with E-state index in [9.17, 15) is 4.79 Å². The number of nitrogens with zero attached hydrogens (tertiary/aromatic N) is 5. The summed E-state index contributed by atoms with van der Waals surface area (Å²) in [7, 11) is 5.46. The zero-order valence-corrected chi connectivity index (χ0v) is 22.5. The van der Waals surface area contributed by atoms with Crippen LogP contribution in [0, 0.1) is 0 Å². The highest BCUT2D eigenvalue weighted by Crippen LogP contribution is 2.36. The molecular weight excluding hydrogens is 494 g/mol. The molecule has 2 aliphatic heterocycles. The number of rotatable bonds is 8. The van der Waals surface area contributed by atoms with Gasteiger partial charge in [0.05, 0.1) is 26.5 Å². The predicted molar refractivity (Wildman–Crippen MR) is 155 cm³/mol. The number of aromatic nitrogens is 2. The van der Waals surface area contributed by atoms with Crippen molar-refractivity contribution in [2.24, 2.45) is 0 Å². The van der Waals surface area contributed by atoms with E-state index < -0.39 is 0 Å². The van der Waals surface area contributed by atoms with E-state index >= 15 is 0 Å². The summed E-state index contributed by atoms with van der Waals surface area (Å²) in [6.45, 7) is 8.02. The van der Waals surface area contributed by atoms with Crippen LogP contribution < -0.4 is 25.2 Å². The summed E-state index contributed by atoms with van der Waals surface area (Å²) in [5, 5.41) is 6.15. The van der Waals surface area contributed by atoms with Crippen molar-refractivity contribution in [2.45, 2.75) is 0 Å². The molecule has 0 atom stereocenters. The normalized spacial score (nSPS) is 15.2. The van der Waals surface area contributed by atoms with E-state index in [1.165, 1.54) is 6.08 Å². The van der Waals surface area contributed by atoms with Gasteiger partial charge in [0.2, 0.25) is 11.9 Å². The van der Waals surface area contributed by atoms with Crippen molar-refractivity contribution < 1.29 is 14.3 Å². The molecule has 2 aromatic carbocycles. The number of piperazine rings is 1. The maximum Gasteiger partial charge on any atom is 0.247 e. The van der Waals surface area contributed by atoms with Crippen molar-refractivity contribution in [2.75, 3.05) is 74.4 Å². The third-order valence-electron chi connectivity index (χ3n) is 6.85. The molecule has 0 bridgehead atoms. The van der Waals surface area contributed by atoms with Gasteiger partial charge in [0.1, 0.15) is 17.3 Å². The summed E-state index contributed by atoms with van der Waals surface area (Å²) >= 11 is 0. The third-order valence-corrected chi connectivity index (χ3v) is 6.85. The zero-order valence-electron chi connectivity index (χ0n) is 22.5. The first-order valence-corrected chi connectivity index (χ1v) is 12.8. The van der Waals surface area contributed by atoms with E-state index in [1.54, 1.807) is 20.4 Å². The Morgan fingerprint density at radius 2 is 1.87 bits per heavy atom. The highest BCUT2D eigenvalue weighted by molar-refractivity contribution is 5.99. The first-order valence-electron chi connectivity index (χ1n) is 12.8. The second-order valence-corrected chi connectivity index (χ2v) is 9.42. The lowest BCUT2D eigenvalue weighted by atomic mass is 10.1. The van der Waals surface area contributed by atoms with Crippen LogP contribution in [0.2, 0.25) is 0 Å². The number of carbonyl (C=O) groups excluding carboxylic acids is 1. The van der Waals surface area contributed by atoms with E-state index in [1.807, 2.05) is 41.3 Å². The summed E-state index contributed by atoms with van der Waals surface area (Å²) in [5.41, 5.74) is 4.23. The van der Waals surface area contributed by atoms with Crippen molar-refractivity contribution >= 4 is 46.5 Å². The minimum atomic E-state index is -0.273. The van der Waals surface area contributed by atoms with Crippen LogP contribution in [0.3, 0.4) is 0 Å². The highest BCUT2D eigenvalue weighted by atomic mass is 16.5. The lowest BCUT2D eigenvalue weighted by Crippen LogP contribution is -2.44. The fraction of sp³-hybridized carbons (Fsp3) is 0.276. The molecule has 202 valence electrons. The summed E-state index contributed by atoms with van der Waals surface area (Å²) in [5.74, 6) is 2.37. The molecule has 0 radical (unpaired) electrons. The summed E-state index contributed by atoms with van der Waals surface area (Å²) in [6, 6.07) is 13.7.